The van der Waals surface area contributed by atoms with Crippen LogP contribution in [0.2, 0.25) is 0 Å². The van der Waals surface area contributed by atoms with Crippen molar-refractivity contribution in [2.45, 2.75) is 38.8 Å². The van der Waals surface area contributed by atoms with E-state index < -0.39 is 18.0 Å². The molecular weight excluding hydrogens is 384 g/mol. The second-order valence-corrected chi connectivity index (χ2v) is 7.30. The van der Waals surface area contributed by atoms with E-state index in [1.54, 1.807) is 24.3 Å². The van der Waals surface area contributed by atoms with Crippen molar-refractivity contribution in [1.82, 2.24) is 10.2 Å². The van der Waals surface area contributed by atoms with Crippen LogP contribution in [0.25, 0.3) is 0 Å². The molecule has 162 valence electrons. The molecule has 0 saturated carbocycles. The summed E-state index contributed by atoms with van der Waals surface area (Å²) >= 11 is 0. The van der Waals surface area contributed by atoms with Gasteiger partial charge >= 0.3 is 12.0 Å². The summed E-state index contributed by atoms with van der Waals surface area (Å²) in [5.74, 6) is -0.405. The van der Waals surface area contributed by atoms with E-state index in [1.165, 1.54) is 4.90 Å². The Labute approximate surface area is 177 Å². The molecule has 2 rings (SSSR count). The van der Waals surface area contributed by atoms with Gasteiger partial charge in [-0.2, -0.15) is 0 Å². The molecule has 2 amide bonds. The summed E-state index contributed by atoms with van der Waals surface area (Å²) in [5.41, 5.74) is 1.84. The molecule has 7 heteroatoms. The first-order valence-electron chi connectivity index (χ1n) is 10.1. The molecule has 0 aliphatic carbocycles. The molecule has 1 atom stereocenters. The summed E-state index contributed by atoms with van der Waals surface area (Å²) in [6, 6.07) is 15.3. The Morgan fingerprint density at radius 3 is 2.23 bits per heavy atom. The largest absolute Gasteiger partial charge is 0.491 e. The Hall–Kier alpha value is -3.06. The lowest BCUT2D eigenvalue weighted by Gasteiger charge is -2.25. The van der Waals surface area contributed by atoms with Crippen LogP contribution in [0.3, 0.4) is 0 Å². The number of aliphatic hydroxyl groups is 1. The minimum Gasteiger partial charge on any atom is -0.491 e. The van der Waals surface area contributed by atoms with E-state index in [2.05, 4.69) is 5.32 Å². The third-order valence-corrected chi connectivity index (χ3v) is 4.50. The van der Waals surface area contributed by atoms with Gasteiger partial charge in [0.25, 0.3) is 0 Å². The van der Waals surface area contributed by atoms with Crippen LogP contribution in [0, 0.1) is 0 Å². The van der Waals surface area contributed by atoms with Crippen molar-refractivity contribution in [3.8, 4) is 5.75 Å². The van der Waals surface area contributed by atoms with Gasteiger partial charge in [-0.1, -0.05) is 42.5 Å². The predicted molar refractivity (Wildman–Crippen MR) is 115 cm³/mol. The first kappa shape index (κ1) is 23.2. The Kier molecular flexibility index (Phi) is 9.15. The number of carboxylic acid groups (broad SMARTS) is 1. The average Bonchev–Trinajstić information content (AvgIpc) is 2.72. The van der Waals surface area contributed by atoms with Gasteiger partial charge in [0.15, 0.2) is 0 Å². The van der Waals surface area contributed by atoms with E-state index in [0.717, 1.165) is 11.1 Å². The summed E-state index contributed by atoms with van der Waals surface area (Å²) in [6.07, 6.45) is 0.813. The second-order valence-electron chi connectivity index (χ2n) is 7.30. The van der Waals surface area contributed by atoms with Crippen molar-refractivity contribution in [2.75, 3.05) is 19.7 Å². The van der Waals surface area contributed by atoms with Crippen LogP contribution in [-0.2, 0) is 17.6 Å². The number of carboxylic acids is 1. The van der Waals surface area contributed by atoms with Gasteiger partial charge in [0.2, 0.25) is 0 Å². The Bertz CT molecular complexity index is 793. The van der Waals surface area contributed by atoms with Crippen LogP contribution in [0.15, 0.2) is 54.6 Å². The van der Waals surface area contributed by atoms with E-state index >= 15 is 0 Å². The van der Waals surface area contributed by atoms with Crippen LogP contribution in [0.4, 0.5) is 4.79 Å². The summed E-state index contributed by atoms with van der Waals surface area (Å²) in [4.78, 5) is 25.8. The molecule has 0 aliphatic rings. The summed E-state index contributed by atoms with van der Waals surface area (Å²) in [7, 11) is 0. The van der Waals surface area contributed by atoms with Gasteiger partial charge in [-0.25, -0.2) is 9.59 Å². The molecule has 0 radical (unpaired) electrons. The van der Waals surface area contributed by atoms with Crippen molar-refractivity contribution in [3.63, 3.8) is 0 Å². The van der Waals surface area contributed by atoms with Gasteiger partial charge in [-0.3, -0.25) is 0 Å². The molecular formula is C23H30N2O5. The SMILES string of the molecule is CC(C)Oc1ccc(C[C@H](NC(=O)N(CCO)CCc2ccccc2)C(=O)O)cc1. The molecule has 0 aliphatic heterocycles. The van der Waals surface area contributed by atoms with Gasteiger partial charge in [0.1, 0.15) is 11.8 Å². The molecule has 7 nitrogen and oxygen atoms in total. The van der Waals surface area contributed by atoms with E-state index in [0.29, 0.717) is 18.7 Å². The highest BCUT2D eigenvalue weighted by atomic mass is 16.5. The zero-order valence-electron chi connectivity index (χ0n) is 17.5. The number of nitrogens with one attached hydrogen (secondary N) is 1. The fourth-order valence-electron chi connectivity index (χ4n) is 3.00. The Balaban J connectivity index is 1.98. The number of rotatable bonds is 11. The zero-order valence-corrected chi connectivity index (χ0v) is 17.5. The highest BCUT2D eigenvalue weighted by Gasteiger charge is 2.23. The quantitative estimate of drug-likeness (QED) is 0.525. The second kappa shape index (κ2) is 11.8. The number of benzene rings is 2. The number of carbonyl (C=O) groups is 2. The van der Waals surface area contributed by atoms with Crippen molar-refractivity contribution >= 4 is 12.0 Å². The number of hydrogen-bond donors (Lipinski definition) is 3. The molecule has 2 aromatic rings. The lowest BCUT2D eigenvalue weighted by atomic mass is 10.1. The summed E-state index contributed by atoms with van der Waals surface area (Å²) in [5, 5.41) is 21.4. The molecule has 0 fully saturated rings. The normalized spacial score (nSPS) is 11.7. The molecule has 0 unspecified atom stereocenters. The fraction of sp³-hybridized carbons (Fsp3) is 0.391. The smallest absolute Gasteiger partial charge is 0.326 e. The summed E-state index contributed by atoms with van der Waals surface area (Å²) < 4.78 is 5.59. The first-order chi connectivity index (χ1) is 14.4. The van der Waals surface area contributed by atoms with E-state index in [9.17, 15) is 19.8 Å². The van der Waals surface area contributed by atoms with E-state index in [-0.39, 0.29) is 25.7 Å². The van der Waals surface area contributed by atoms with Crippen LogP contribution >= 0.6 is 0 Å². The van der Waals surface area contributed by atoms with Crippen molar-refractivity contribution in [3.05, 3.63) is 65.7 Å². The van der Waals surface area contributed by atoms with Crippen LogP contribution in [0.5, 0.6) is 5.75 Å². The van der Waals surface area contributed by atoms with Crippen LogP contribution < -0.4 is 10.1 Å². The van der Waals surface area contributed by atoms with Gasteiger partial charge in [-0.05, 0) is 43.5 Å². The number of carbonyl (C=O) groups excluding carboxylic acids is 1. The lowest BCUT2D eigenvalue weighted by molar-refractivity contribution is -0.139. The standard InChI is InChI=1S/C23H30N2O5/c1-17(2)30-20-10-8-19(9-11-20)16-21(22(27)28)24-23(29)25(14-15-26)13-12-18-6-4-3-5-7-18/h3-11,17,21,26H,12-16H2,1-2H3,(H,24,29)(H,27,28)/t21-/m0/s1. The van der Waals surface area contributed by atoms with E-state index in [4.69, 9.17) is 4.74 Å². The fourth-order valence-corrected chi connectivity index (χ4v) is 3.00. The number of aliphatic hydroxyl groups excluding tert-OH is 1. The van der Waals surface area contributed by atoms with Gasteiger partial charge < -0.3 is 25.2 Å². The maximum Gasteiger partial charge on any atom is 0.326 e. The molecule has 0 aromatic heterocycles. The third kappa shape index (κ3) is 7.75. The number of ether oxygens (including phenoxy) is 1. The Morgan fingerprint density at radius 1 is 1.00 bits per heavy atom. The predicted octanol–water partition coefficient (Wildman–Crippen LogP) is 2.72. The van der Waals surface area contributed by atoms with Gasteiger partial charge in [0.05, 0.1) is 12.7 Å². The van der Waals surface area contributed by atoms with Crippen molar-refractivity contribution in [1.29, 1.82) is 0 Å². The Morgan fingerprint density at radius 2 is 1.67 bits per heavy atom. The maximum atomic E-state index is 12.7. The number of nitrogens with zero attached hydrogens (tertiary/aromatic N) is 1. The molecule has 3 N–H and O–H groups in total. The van der Waals surface area contributed by atoms with Gasteiger partial charge in [-0.15, -0.1) is 0 Å². The van der Waals surface area contributed by atoms with Crippen LogP contribution in [-0.4, -0.2) is 59.0 Å². The average molecular weight is 415 g/mol. The third-order valence-electron chi connectivity index (χ3n) is 4.50. The first-order valence-corrected chi connectivity index (χ1v) is 10.1. The molecule has 2 aromatic carbocycles. The van der Waals surface area contributed by atoms with Crippen molar-refractivity contribution < 1.29 is 24.5 Å². The monoisotopic (exact) mass is 414 g/mol. The lowest BCUT2D eigenvalue weighted by Crippen LogP contribution is -2.50. The number of amides is 2. The molecule has 0 heterocycles. The zero-order chi connectivity index (χ0) is 21.9. The highest BCUT2D eigenvalue weighted by molar-refractivity contribution is 5.82. The maximum absolute atomic E-state index is 12.7. The molecule has 0 bridgehead atoms. The summed E-state index contributed by atoms with van der Waals surface area (Å²) in [6.45, 7) is 4.17. The van der Waals surface area contributed by atoms with Gasteiger partial charge in [0, 0.05) is 19.5 Å². The topological polar surface area (TPSA) is 99.1 Å². The molecule has 0 saturated heterocycles. The molecule has 0 spiro atoms. The minimum absolute atomic E-state index is 0.0512. The molecule has 30 heavy (non-hydrogen) atoms. The number of urea groups is 1. The minimum atomic E-state index is -1.11. The highest BCUT2D eigenvalue weighted by Crippen LogP contribution is 2.15. The van der Waals surface area contributed by atoms with E-state index in [1.807, 2.05) is 44.2 Å². The van der Waals surface area contributed by atoms with Crippen molar-refractivity contribution in [2.24, 2.45) is 0 Å². The van der Waals surface area contributed by atoms with Crippen LogP contribution in [0.1, 0.15) is 25.0 Å². The number of hydrogen-bond acceptors (Lipinski definition) is 4. The number of aliphatic carboxylic acids is 1.